The molecule has 0 saturated heterocycles. The molecule has 21 nitrogen and oxygen atoms in total. The van der Waals surface area contributed by atoms with E-state index in [2.05, 4.69) is 46.5 Å². The van der Waals surface area contributed by atoms with Crippen LogP contribution in [0.3, 0.4) is 0 Å². The van der Waals surface area contributed by atoms with E-state index in [-0.39, 0.29) is 104 Å². The van der Waals surface area contributed by atoms with Crippen LogP contribution in [0.4, 0.5) is 31.5 Å². The first kappa shape index (κ1) is 62.9. The van der Waals surface area contributed by atoms with Crippen molar-refractivity contribution in [3.63, 3.8) is 0 Å². The van der Waals surface area contributed by atoms with Gasteiger partial charge < -0.3 is 55.9 Å². The normalized spacial score (nSPS) is 15.8. The number of carboxylic acid groups (broad SMARTS) is 1. The predicted octanol–water partition coefficient (Wildman–Crippen LogP) is 8.14. The number of carbonyl (C=O) groups is 6. The third-order valence-electron chi connectivity index (χ3n) is 13.7. The fraction of sp³-hybridized carbons (Fsp3) is 0.288. The maximum Gasteiger partial charge on any atom is 0.323 e. The van der Waals surface area contributed by atoms with E-state index in [4.69, 9.17) is 33.4 Å². The van der Waals surface area contributed by atoms with Gasteiger partial charge in [0.2, 0.25) is 17.7 Å². The van der Waals surface area contributed by atoms with Gasteiger partial charge in [0.05, 0.1) is 71.5 Å². The number of aliphatic hydroxyl groups excluding tert-OH is 2. The summed E-state index contributed by atoms with van der Waals surface area (Å²) in [6.45, 7) is 2.54. The molecular weight excluding hydrogens is 1130 g/mol. The minimum absolute atomic E-state index is 0. The lowest BCUT2D eigenvalue weighted by Gasteiger charge is -2.40. The smallest absolute Gasteiger partial charge is 0.323 e. The second-order valence-electron chi connectivity index (χ2n) is 19.8. The summed E-state index contributed by atoms with van der Waals surface area (Å²) >= 11 is 11.5. The van der Waals surface area contributed by atoms with Crippen molar-refractivity contribution in [2.45, 2.75) is 97.4 Å². The number of carboxylic acids is 1. The number of aromatic nitrogens is 6. The average Bonchev–Trinajstić information content (AvgIpc) is 4.08. The SMILES string of the molecule is C.CC(=O)c1cn(CC(=O)N(CC(=O)NCc2cccc(Cl)c2F)C2CC(O)C2)c2ccc(Nc3cncnc3)cc12.CC(=O)c1cn(CC(=O)O)c2ccc(Nc3cncnc3)cc12.O=C(CNC1CC(O)C1)NCc1cccc(Cl)c1F. The monoisotopic (exact) mass is 1190 g/mol. The zero-order valence-corrected chi connectivity index (χ0v) is 46.4. The number of fused-ring (bicyclic) bond motifs is 2. The number of hydrogen-bond acceptors (Lipinski definition) is 15. The summed E-state index contributed by atoms with van der Waals surface area (Å²) in [7, 11) is 0. The standard InChI is InChI=1S/C29H28ClFN6O4.C16H14N4O3.C13H16ClFN2O2.CH4/c1-17(38)24-13-36(26-6-5-19(7-23(24)26)35-20-11-32-16-33-12-20)15-28(41)37(21-8-22(39)9-21)14-27(40)34-10-18-3-2-4-25(30)29(18)31;1-10(21)14-7-20(8-16(22)23)15-3-2-11(4-13(14)15)19-12-5-17-9-18-6-12;14-11-3-1-2-8(13(11)15)6-17-12(19)7-16-9-4-10(18)5-9;/h2-7,11-13,16,21-22,35,39H,8-10,14-15H2,1H3,(H,34,40);2-7,9,19H,8H2,1H3,(H,22,23);1-3,9-10,16,18H,4-7H2,(H,17,19);1H4. The summed E-state index contributed by atoms with van der Waals surface area (Å²) in [6.07, 6.45) is 13.9. The van der Waals surface area contributed by atoms with Gasteiger partial charge in [-0.1, -0.05) is 54.9 Å². The van der Waals surface area contributed by atoms with Gasteiger partial charge in [-0.2, -0.15) is 0 Å². The van der Waals surface area contributed by atoms with E-state index >= 15 is 0 Å². The first-order chi connectivity index (χ1) is 39.8. The van der Waals surface area contributed by atoms with Crippen LogP contribution in [0.5, 0.6) is 0 Å². The molecule has 0 spiro atoms. The highest BCUT2D eigenvalue weighted by Crippen LogP contribution is 2.31. The van der Waals surface area contributed by atoms with Crippen molar-refractivity contribution in [2.24, 2.45) is 0 Å². The number of Topliss-reactive ketones (excluding diaryl/α,β-unsaturated/α-hetero) is 2. The number of aliphatic carboxylic acids is 1. The third kappa shape index (κ3) is 16.5. The van der Waals surface area contributed by atoms with Crippen LogP contribution in [-0.2, 0) is 45.4 Å². The Morgan fingerprint density at radius 1 is 0.631 bits per heavy atom. The van der Waals surface area contributed by atoms with Crippen LogP contribution in [0.15, 0.2) is 123 Å². The van der Waals surface area contributed by atoms with Gasteiger partial charge in [-0.3, -0.25) is 28.8 Å². The lowest BCUT2D eigenvalue weighted by Crippen LogP contribution is -2.53. The minimum atomic E-state index is -0.958. The van der Waals surface area contributed by atoms with Crippen LogP contribution < -0.4 is 26.6 Å². The van der Waals surface area contributed by atoms with E-state index in [0.717, 1.165) is 17.1 Å². The number of hydrogen-bond donors (Lipinski definition) is 8. The molecule has 0 unspecified atom stereocenters. The molecule has 25 heteroatoms. The highest BCUT2D eigenvalue weighted by atomic mass is 35.5. The summed E-state index contributed by atoms with van der Waals surface area (Å²) in [5.41, 5.74) is 5.80. The van der Waals surface area contributed by atoms with Crippen molar-refractivity contribution < 1.29 is 52.9 Å². The Balaban J connectivity index is 0.000000198. The van der Waals surface area contributed by atoms with Crippen LogP contribution in [0, 0.1) is 11.6 Å². The molecule has 4 heterocycles. The summed E-state index contributed by atoms with van der Waals surface area (Å²) in [6, 6.07) is 20.0. The summed E-state index contributed by atoms with van der Waals surface area (Å²) in [5, 5.41) is 44.0. The minimum Gasteiger partial charge on any atom is -0.480 e. The Morgan fingerprint density at radius 3 is 1.52 bits per heavy atom. The Labute approximate surface area is 491 Å². The molecule has 10 rings (SSSR count). The molecule has 84 heavy (non-hydrogen) atoms. The van der Waals surface area contributed by atoms with Crippen molar-refractivity contribution in [3.8, 4) is 0 Å². The Morgan fingerprint density at radius 2 is 1.08 bits per heavy atom. The maximum absolute atomic E-state index is 14.2. The van der Waals surface area contributed by atoms with Crippen LogP contribution in [0.25, 0.3) is 21.8 Å². The van der Waals surface area contributed by atoms with E-state index in [1.807, 2.05) is 30.3 Å². The average molecular weight is 1190 g/mol. The number of nitrogens with zero attached hydrogens (tertiary/aromatic N) is 7. The molecule has 2 aliphatic carbocycles. The van der Waals surface area contributed by atoms with Gasteiger partial charge in [0.25, 0.3) is 0 Å². The lowest BCUT2D eigenvalue weighted by molar-refractivity contribution is -0.143. The summed E-state index contributed by atoms with van der Waals surface area (Å²) in [5.74, 6) is -3.36. The molecule has 8 aromatic rings. The van der Waals surface area contributed by atoms with E-state index < -0.39 is 29.6 Å². The van der Waals surface area contributed by atoms with Crippen LogP contribution in [0.1, 0.15) is 78.8 Å². The number of nitrogens with one attached hydrogen (secondary N) is 5. The Bertz CT molecular complexity index is 3660. The lowest BCUT2D eigenvalue weighted by atomic mass is 9.88. The van der Waals surface area contributed by atoms with Gasteiger partial charge >= 0.3 is 5.97 Å². The molecular formula is C59H62Cl2F2N12O9. The molecule has 440 valence electrons. The summed E-state index contributed by atoms with van der Waals surface area (Å²) < 4.78 is 31.0. The van der Waals surface area contributed by atoms with Crippen LogP contribution in [0.2, 0.25) is 10.0 Å². The fourth-order valence-electron chi connectivity index (χ4n) is 9.27. The van der Waals surface area contributed by atoms with Crippen molar-refractivity contribution in [3.05, 3.63) is 167 Å². The molecule has 2 saturated carbocycles. The van der Waals surface area contributed by atoms with Gasteiger partial charge in [0.1, 0.15) is 37.4 Å². The first-order valence-corrected chi connectivity index (χ1v) is 26.9. The number of anilines is 4. The quantitative estimate of drug-likeness (QED) is 0.0334. The molecule has 3 amide bonds. The molecule has 2 aliphatic rings. The highest BCUT2D eigenvalue weighted by molar-refractivity contribution is 6.31. The van der Waals surface area contributed by atoms with Gasteiger partial charge in [0.15, 0.2) is 11.6 Å². The number of carbonyl (C=O) groups excluding carboxylic acids is 5. The second kappa shape index (κ2) is 29.0. The molecule has 0 aliphatic heterocycles. The molecule has 8 N–H and O–H groups in total. The Kier molecular flexibility index (Phi) is 21.7. The molecule has 4 aromatic heterocycles. The number of halogens is 4. The highest BCUT2D eigenvalue weighted by Gasteiger charge is 2.36. The number of ketones is 2. The fourth-order valence-corrected chi connectivity index (χ4v) is 9.66. The van der Waals surface area contributed by atoms with Crippen LogP contribution in [-0.4, -0.2) is 122 Å². The molecule has 4 aromatic carbocycles. The first-order valence-electron chi connectivity index (χ1n) is 26.1. The van der Waals surface area contributed by atoms with Gasteiger partial charge in [-0.15, -0.1) is 0 Å². The maximum atomic E-state index is 14.2. The van der Waals surface area contributed by atoms with Crippen molar-refractivity contribution >= 4 is 103 Å². The second-order valence-corrected chi connectivity index (χ2v) is 20.6. The summed E-state index contributed by atoms with van der Waals surface area (Å²) in [4.78, 5) is 90.4. The molecule has 2 fully saturated rings. The van der Waals surface area contributed by atoms with E-state index in [1.54, 1.807) is 70.6 Å². The number of rotatable bonds is 20. The molecule has 0 bridgehead atoms. The predicted molar refractivity (Wildman–Crippen MR) is 313 cm³/mol. The third-order valence-corrected chi connectivity index (χ3v) is 14.3. The van der Waals surface area contributed by atoms with Crippen molar-refractivity contribution in [2.75, 3.05) is 23.7 Å². The largest absolute Gasteiger partial charge is 0.480 e. The van der Waals surface area contributed by atoms with Crippen LogP contribution >= 0.6 is 23.2 Å². The van der Waals surface area contributed by atoms with Gasteiger partial charge in [-0.05, 0) is 88.1 Å². The number of amides is 3. The number of benzene rings is 4. The number of aliphatic hydroxyl groups is 2. The molecule has 0 radical (unpaired) electrons. The van der Waals surface area contributed by atoms with E-state index in [9.17, 15) is 42.7 Å². The zero-order valence-electron chi connectivity index (χ0n) is 44.9. The van der Waals surface area contributed by atoms with E-state index in [0.29, 0.717) is 69.9 Å². The zero-order chi connectivity index (χ0) is 59.3. The van der Waals surface area contributed by atoms with Gasteiger partial charge in [0, 0.05) is 93.0 Å². The Hall–Kier alpha value is -8.74. The van der Waals surface area contributed by atoms with Gasteiger partial charge in [-0.25, -0.2) is 28.7 Å². The van der Waals surface area contributed by atoms with E-state index in [1.165, 1.54) is 49.6 Å². The molecule has 0 atom stereocenters. The topological polar surface area (TPSA) is 288 Å². The van der Waals surface area contributed by atoms with Crippen molar-refractivity contribution in [1.82, 2.24) is 49.9 Å². The van der Waals surface area contributed by atoms with Crippen molar-refractivity contribution in [1.29, 1.82) is 0 Å².